The number of aliphatic hydroxyl groups is 1. The molecule has 2 bridgehead atoms. The van der Waals surface area contributed by atoms with E-state index in [1.165, 1.54) is 0 Å². The zero-order valence-corrected chi connectivity index (χ0v) is 11.2. The molecule has 0 radical (unpaired) electrons. The Morgan fingerprint density at radius 1 is 1.12 bits per heavy atom. The summed E-state index contributed by atoms with van der Waals surface area (Å²) in [6.45, 7) is 6.00. The van der Waals surface area contributed by atoms with Crippen molar-refractivity contribution in [3.8, 4) is 0 Å². The number of hydrogen-bond donors (Lipinski definition) is 1. The van der Waals surface area contributed by atoms with E-state index in [4.69, 9.17) is 0 Å². The van der Waals surface area contributed by atoms with Gasteiger partial charge in [-0.3, -0.25) is 0 Å². The molecule has 94 valence electrons. The summed E-state index contributed by atoms with van der Waals surface area (Å²) in [5.41, 5.74) is -1.05. The Hall–Kier alpha value is -0.0900. The lowest BCUT2D eigenvalue weighted by Crippen LogP contribution is -2.57. The number of sulfone groups is 1. The molecule has 2 saturated heterocycles. The molecule has 2 rings (SSSR count). The van der Waals surface area contributed by atoms with Gasteiger partial charge < -0.3 is 5.11 Å². The second-order valence-corrected chi connectivity index (χ2v) is 8.97. The Bertz CT molecular complexity index is 358. The van der Waals surface area contributed by atoms with E-state index in [0.29, 0.717) is 12.8 Å². The molecule has 2 aliphatic heterocycles. The van der Waals surface area contributed by atoms with E-state index in [-0.39, 0.29) is 15.9 Å². The quantitative estimate of drug-likeness (QED) is 0.710. The normalized spacial score (nSPS) is 43.0. The number of rotatable bonds is 0. The lowest BCUT2D eigenvalue weighted by atomic mass is 9.69. The van der Waals surface area contributed by atoms with Crippen molar-refractivity contribution in [2.24, 2.45) is 5.41 Å². The van der Waals surface area contributed by atoms with Crippen molar-refractivity contribution >= 4 is 9.84 Å². The largest absolute Gasteiger partial charge is 0.389 e. The fourth-order valence-electron chi connectivity index (χ4n) is 3.06. The molecule has 16 heavy (non-hydrogen) atoms. The van der Waals surface area contributed by atoms with Gasteiger partial charge in [-0.2, -0.15) is 0 Å². The van der Waals surface area contributed by atoms with E-state index in [0.717, 1.165) is 19.3 Å². The van der Waals surface area contributed by atoms with Crippen molar-refractivity contribution in [3.63, 3.8) is 0 Å². The molecule has 0 amide bonds. The standard InChI is InChI=1S/C12H22O3S/c1-11(2,3)12(13)7-9-5-4-6-10(8-12)16(9,14)15/h9-10,13H,4-8H2,1-3H3. The average Bonchev–Trinajstić information content (AvgIpc) is 2.05. The minimum absolute atomic E-state index is 0.239. The van der Waals surface area contributed by atoms with Crippen LogP contribution in [-0.4, -0.2) is 29.6 Å². The van der Waals surface area contributed by atoms with Crippen LogP contribution in [-0.2, 0) is 9.84 Å². The van der Waals surface area contributed by atoms with Crippen LogP contribution in [0.4, 0.5) is 0 Å². The van der Waals surface area contributed by atoms with Crippen molar-refractivity contribution in [2.45, 2.75) is 69.0 Å². The van der Waals surface area contributed by atoms with Crippen LogP contribution < -0.4 is 0 Å². The maximum absolute atomic E-state index is 12.1. The number of fused-ring (bicyclic) bond motifs is 2. The molecule has 4 heteroatoms. The van der Waals surface area contributed by atoms with Gasteiger partial charge in [-0.15, -0.1) is 0 Å². The van der Waals surface area contributed by atoms with Gasteiger partial charge in [-0.25, -0.2) is 8.42 Å². The first-order valence-electron chi connectivity index (χ1n) is 6.12. The summed E-state index contributed by atoms with van der Waals surface area (Å²) in [5.74, 6) is 0. The first kappa shape index (κ1) is 12.4. The lowest BCUT2D eigenvalue weighted by Gasteiger charge is -2.50. The molecule has 1 N–H and O–H groups in total. The molecular formula is C12H22O3S. The molecule has 2 unspecified atom stereocenters. The van der Waals surface area contributed by atoms with Crippen LogP contribution in [0.15, 0.2) is 0 Å². The Labute approximate surface area is 98.2 Å². The van der Waals surface area contributed by atoms with Crippen LogP contribution in [0.3, 0.4) is 0 Å². The lowest BCUT2D eigenvalue weighted by molar-refractivity contribution is -0.0796. The summed E-state index contributed by atoms with van der Waals surface area (Å²) in [4.78, 5) is 0. The highest BCUT2D eigenvalue weighted by Gasteiger charge is 2.54. The van der Waals surface area contributed by atoms with Crippen molar-refractivity contribution in [1.82, 2.24) is 0 Å². The molecule has 3 nitrogen and oxygen atoms in total. The monoisotopic (exact) mass is 246 g/mol. The maximum Gasteiger partial charge on any atom is 0.156 e. The molecular weight excluding hydrogens is 224 g/mol. The van der Waals surface area contributed by atoms with E-state index in [1.807, 2.05) is 20.8 Å². The highest BCUT2D eigenvalue weighted by molar-refractivity contribution is 7.92. The summed E-state index contributed by atoms with van der Waals surface area (Å²) in [6, 6.07) is 0. The first-order valence-corrected chi connectivity index (χ1v) is 7.73. The van der Waals surface area contributed by atoms with E-state index in [1.54, 1.807) is 0 Å². The van der Waals surface area contributed by atoms with E-state index < -0.39 is 15.4 Å². The smallest absolute Gasteiger partial charge is 0.156 e. The van der Waals surface area contributed by atoms with Crippen LogP contribution in [0.2, 0.25) is 0 Å². The highest BCUT2D eigenvalue weighted by Crippen LogP contribution is 2.48. The SMILES string of the molecule is CC(C)(C)C1(O)CC2CCCC(C1)S2(=O)=O. The van der Waals surface area contributed by atoms with Gasteiger partial charge in [-0.05, 0) is 31.1 Å². The third kappa shape index (κ3) is 1.70. The maximum atomic E-state index is 12.1. The zero-order valence-electron chi connectivity index (χ0n) is 10.4. The predicted molar refractivity (Wildman–Crippen MR) is 64.0 cm³/mol. The van der Waals surface area contributed by atoms with E-state index in [2.05, 4.69) is 0 Å². The topological polar surface area (TPSA) is 54.4 Å². The van der Waals surface area contributed by atoms with Crippen LogP contribution in [0.5, 0.6) is 0 Å². The van der Waals surface area contributed by atoms with Crippen LogP contribution in [0.25, 0.3) is 0 Å². The Morgan fingerprint density at radius 3 is 1.94 bits per heavy atom. The molecule has 0 aromatic rings. The Kier molecular flexibility index (Phi) is 2.67. The Morgan fingerprint density at radius 2 is 1.56 bits per heavy atom. The summed E-state index contributed by atoms with van der Waals surface area (Å²) < 4.78 is 24.2. The summed E-state index contributed by atoms with van der Waals surface area (Å²) in [7, 11) is -2.96. The minimum Gasteiger partial charge on any atom is -0.389 e. The van der Waals surface area contributed by atoms with E-state index in [9.17, 15) is 13.5 Å². The van der Waals surface area contributed by atoms with Crippen molar-refractivity contribution in [3.05, 3.63) is 0 Å². The molecule has 0 spiro atoms. The average molecular weight is 246 g/mol. The van der Waals surface area contributed by atoms with Crippen LogP contribution in [0, 0.1) is 5.41 Å². The molecule has 0 aromatic heterocycles. The van der Waals surface area contributed by atoms with Gasteiger partial charge in [0, 0.05) is 0 Å². The summed E-state index contributed by atoms with van der Waals surface area (Å²) in [5, 5.41) is 10.1. The van der Waals surface area contributed by atoms with Gasteiger partial charge in [0.2, 0.25) is 0 Å². The molecule has 0 aromatic carbocycles. The summed E-state index contributed by atoms with van der Waals surface area (Å²) >= 11 is 0. The predicted octanol–water partition coefficient (Wildman–Crippen LogP) is 1.89. The fourth-order valence-corrected chi connectivity index (χ4v) is 5.61. The van der Waals surface area contributed by atoms with Crippen molar-refractivity contribution in [1.29, 1.82) is 0 Å². The molecule has 2 aliphatic rings. The molecule has 2 fully saturated rings. The highest BCUT2D eigenvalue weighted by atomic mass is 32.2. The van der Waals surface area contributed by atoms with Gasteiger partial charge in [0.05, 0.1) is 16.1 Å². The third-order valence-electron chi connectivity index (χ3n) is 4.51. The van der Waals surface area contributed by atoms with Gasteiger partial charge in [0.1, 0.15) is 0 Å². The van der Waals surface area contributed by atoms with Gasteiger partial charge in [-0.1, -0.05) is 27.2 Å². The second kappa shape index (κ2) is 3.45. The summed E-state index contributed by atoms with van der Waals surface area (Å²) in [6.07, 6.45) is 3.31. The third-order valence-corrected chi connectivity index (χ3v) is 7.17. The van der Waals surface area contributed by atoms with Gasteiger partial charge in [0.25, 0.3) is 0 Å². The van der Waals surface area contributed by atoms with Crippen molar-refractivity contribution < 1.29 is 13.5 Å². The minimum atomic E-state index is -2.96. The zero-order chi connectivity index (χ0) is 12.2. The second-order valence-electron chi connectivity index (χ2n) is 6.45. The number of hydrogen-bond acceptors (Lipinski definition) is 3. The Balaban J connectivity index is 2.35. The van der Waals surface area contributed by atoms with Crippen molar-refractivity contribution in [2.75, 3.05) is 0 Å². The molecule has 0 saturated carbocycles. The molecule has 2 atom stereocenters. The van der Waals surface area contributed by atoms with E-state index >= 15 is 0 Å². The molecule has 2 heterocycles. The van der Waals surface area contributed by atoms with Crippen LogP contribution in [0.1, 0.15) is 52.9 Å². The van der Waals surface area contributed by atoms with Gasteiger partial charge in [0.15, 0.2) is 9.84 Å². The van der Waals surface area contributed by atoms with Gasteiger partial charge >= 0.3 is 0 Å². The molecule has 0 aliphatic carbocycles. The van der Waals surface area contributed by atoms with Crippen LogP contribution >= 0.6 is 0 Å². The first-order chi connectivity index (χ1) is 7.17. The fraction of sp³-hybridized carbons (Fsp3) is 1.00.